The number of aromatic nitrogens is 2. The number of rotatable bonds is 4. The van der Waals surface area contributed by atoms with E-state index in [1.165, 1.54) is 28.9 Å². The van der Waals surface area contributed by atoms with Crippen molar-refractivity contribution in [3.63, 3.8) is 0 Å². The fraction of sp³-hybridized carbons (Fsp3) is 0.100. The molecule has 0 radical (unpaired) electrons. The first-order chi connectivity index (χ1) is 8.90. The third-order valence-corrected chi connectivity index (χ3v) is 3.71. The number of para-hydroxylation sites is 1. The van der Waals surface area contributed by atoms with Crippen LogP contribution in [0.5, 0.6) is 0 Å². The number of nitro benzene ring substituents is 1. The number of sulfonamides is 1. The minimum absolute atomic E-state index is 0.0978. The molecular formula is C10H10N4O4S. The highest BCUT2D eigenvalue weighted by molar-refractivity contribution is 7.92. The second-order valence-corrected chi connectivity index (χ2v) is 5.36. The molecule has 19 heavy (non-hydrogen) atoms. The Bertz CT molecular complexity index is 723. The van der Waals surface area contributed by atoms with Crippen molar-refractivity contribution in [2.75, 3.05) is 4.72 Å². The van der Waals surface area contributed by atoms with E-state index in [2.05, 4.69) is 9.82 Å². The maximum absolute atomic E-state index is 12.1. The molecule has 0 atom stereocenters. The summed E-state index contributed by atoms with van der Waals surface area (Å²) in [6.45, 7) is 0. The van der Waals surface area contributed by atoms with Crippen molar-refractivity contribution in [3.8, 4) is 0 Å². The average Bonchev–Trinajstić information content (AvgIpc) is 2.74. The van der Waals surface area contributed by atoms with Crippen LogP contribution in [0.1, 0.15) is 0 Å². The molecule has 0 bridgehead atoms. The molecule has 0 saturated carbocycles. The van der Waals surface area contributed by atoms with E-state index < -0.39 is 25.5 Å². The summed E-state index contributed by atoms with van der Waals surface area (Å²) in [5.74, 6) is 0.0978. The highest BCUT2D eigenvalue weighted by Crippen LogP contribution is 2.24. The number of nitro groups is 1. The SMILES string of the molecule is Cn1ccc(NS(=O)(=O)c2ccccc2[N+](=O)[O-])n1. The van der Waals surface area contributed by atoms with Crippen LogP contribution in [0, 0.1) is 10.1 Å². The van der Waals surface area contributed by atoms with Crippen LogP contribution >= 0.6 is 0 Å². The lowest BCUT2D eigenvalue weighted by Gasteiger charge is -2.05. The fourth-order valence-electron chi connectivity index (χ4n) is 1.50. The molecule has 0 amide bonds. The van der Waals surface area contributed by atoms with E-state index in [1.54, 1.807) is 13.2 Å². The molecule has 0 spiro atoms. The van der Waals surface area contributed by atoms with Crippen LogP contribution in [-0.2, 0) is 17.1 Å². The zero-order chi connectivity index (χ0) is 14.0. The summed E-state index contributed by atoms with van der Waals surface area (Å²) in [5, 5.41) is 14.7. The summed E-state index contributed by atoms with van der Waals surface area (Å²) in [6.07, 6.45) is 1.55. The Morgan fingerprint density at radius 1 is 1.32 bits per heavy atom. The van der Waals surface area contributed by atoms with Crippen LogP contribution in [0.15, 0.2) is 41.4 Å². The summed E-state index contributed by atoms with van der Waals surface area (Å²) in [7, 11) is -2.42. The first kappa shape index (κ1) is 13.0. The van der Waals surface area contributed by atoms with Crippen LogP contribution in [-0.4, -0.2) is 23.1 Å². The molecule has 100 valence electrons. The van der Waals surface area contributed by atoms with Crippen LogP contribution < -0.4 is 4.72 Å². The Morgan fingerprint density at radius 2 is 2.00 bits per heavy atom. The number of nitrogens with one attached hydrogen (secondary N) is 1. The number of hydrogen-bond donors (Lipinski definition) is 1. The average molecular weight is 282 g/mol. The van der Waals surface area contributed by atoms with Gasteiger partial charge in [0, 0.05) is 25.4 Å². The van der Waals surface area contributed by atoms with Crippen molar-refractivity contribution >= 4 is 21.5 Å². The summed E-state index contributed by atoms with van der Waals surface area (Å²) in [5.41, 5.74) is -0.481. The summed E-state index contributed by atoms with van der Waals surface area (Å²) in [6, 6.07) is 6.57. The molecule has 1 aromatic heterocycles. The first-order valence-corrected chi connectivity index (χ1v) is 6.64. The van der Waals surface area contributed by atoms with Crippen molar-refractivity contribution in [3.05, 3.63) is 46.6 Å². The van der Waals surface area contributed by atoms with Gasteiger partial charge in [0.1, 0.15) is 0 Å². The molecule has 9 heteroatoms. The van der Waals surface area contributed by atoms with E-state index >= 15 is 0 Å². The second-order valence-electron chi connectivity index (χ2n) is 3.70. The van der Waals surface area contributed by atoms with Gasteiger partial charge in [0.25, 0.3) is 15.7 Å². The Hall–Kier alpha value is -2.42. The number of aryl methyl sites for hydroxylation is 1. The van der Waals surface area contributed by atoms with Gasteiger partial charge in [-0.2, -0.15) is 5.10 Å². The van der Waals surface area contributed by atoms with Gasteiger partial charge < -0.3 is 0 Å². The van der Waals surface area contributed by atoms with Crippen molar-refractivity contribution < 1.29 is 13.3 Å². The molecule has 8 nitrogen and oxygen atoms in total. The highest BCUT2D eigenvalue weighted by atomic mass is 32.2. The van der Waals surface area contributed by atoms with E-state index in [0.29, 0.717) is 0 Å². The lowest BCUT2D eigenvalue weighted by molar-refractivity contribution is -0.387. The lowest BCUT2D eigenvalue weighted by Crippen LogP contribution is -2.15. The number of anilines is 1. The third-order valence-electron chi connectivity index (χ3n) is 2.30. The van der Waals surface area contributed by atoms with Crippen molar-refractivity contribution in [2.24, 2.45) is 7.05 Å². The van der Waals surface area contributed by atoms with Gasteiger partial charge in [0.05, 0.1) is 4.92 Å². The highest BCUT2D eigenvalue weighted by Gasteiger charge is 2.25. The van der Waals surface area contributed by atoms with Gasteiger partial charge in [-0.05, 0) is 6.07 Å². The molecule has 1 heterocycles. The minimum Gasteiger partial charge on any atom is -0.274 e. The normalized spacial score (nSPS) is 11.2. The monoisotopic (exact) mass is 282 g/mol. The number of benzene rings is 1. The van der Waals surface area contributed by atoms with Gasteiger partial charge in [0.15, 0.2) is 10.7 Å². The fourth-order valence-corrected chi connectivity index (χ4v) is 2.67. The topological polar surface area (TPSA) is 107 Å². The summed E-state index contributed by atoms with van der Waals surface area (Å²) < 4.78 is 27.7. The zero-order valence-electron chi connectivity index (χ0n) is 9.85. The second kappa shape index (κ2) is 4.69. The summed E-state index contributed by atoms with van der Waals surface area (Å²) in [4.78, 5) is 9.68. The van der Waals surface area contributed by atoms with Gasteiger partial charge in [-0.25, -0.2) is 8.42 Å². The molecule has 1 N–H and O–H groups in total. The van der Waals surface area contributed by atoms with Crippen LogP contribution in [0.4, 0.5) is 11.5 Å². The molecule has 0 aliphatic carbocycles. The Balaban J connectivity index is 2.43. The van der Waals surface area contributed by atoms with Crippen LogP contribution in [0.25, 0.3) is 0 Å². The molecule has 0 saturated heterocycles. The molecular weight excluding hydrogens is 272 g/mol. The molecule has 0 fully saturated rings. The smallest absolute Gasteiger partial charge is 0.274 e. The summed E-state index contributed by atoms with van der Waals surface area (Å²) >= 11 is 0. The Labute approximate surface area is 108 Å². The van der Waals surface area contributed by atoms with Gasteiger partial charge in [0.2, 0.25) is 0 Å². The van der Waals surface area contributed by atoms with Crippen molar-refractivity contribution in [2.45, 2.75) is 4.90 Å². The predicted octanol–water partition coefficient (Wildman–Crippen LogP) is 1.13. The molecule has 0 unspecified atom stereocenters. The number of hydrogen-bond acceptors (Lipinski definition) is 5. The Kier molecular flexibility index (Phi) is 3.21. The standard InChI is InChI=1S/C10H10N4O4S/c1-13-7-6-10(11-13)12-19(17,18)9-5-3-2-4-8(9)14(15)16/h2-7H,1H3,(H,11,12). The van der Waals surface area contributed by atoms with Gasteiger partial charge in [-0.15, -0.1) is 0 Å². The Morgan fingerprint density at radius 3 is 2.58 bits per heavy atom. The van der Waals surface area contributed by atoms with E-state index in [9.17, 15) is 18.5 Å². The molecule has 0 aliphatic rings. The zero-order valence-corrected chi connectivity index (χ0v) is 10.7. The minimum atomic E-state index is -4.04. The van der Waals surface area contributed by atoms with Gasteiger partial charge >= 0.3 is 0 Å². The first-order valence-electron chi connectivity index (χ1n) is 5.16. The van der Waals surface area contributed by atoms with E-state index in [0.717, 1.165) is 6.07 Å². The van der Waals surface area contributed by atoms with Crippen molar-refractivity contribution in [1.29, 1.82) is 0 Å². The van der Waals surface area contributed by atoms with Crippen molar-refractivity contribution in [1.82, 2.24) is 9.78 Å². The maximum atomic E-state index is 12.1. The molecule has 0 aliphatic heterocycles. The van der Waals surface area contributed by atoms with Crippen LogP contribution in [0.3, 0.4) is 0 Å². The maximum Gasteiger partial charge on any atom is 0.289 e. The molecule has 2 rings (SSSR count). The van der Waals surface area contributed by atoms with E-state index in [1.807, 2.05) is 0 Å². The molecule has 2 aromatic rings. The third kappa shape index (κ3) is 2.71. The lowest BCUT2D eigenvalue weighted by atomic mass is 10.3. The quantitative estimate of drug-likeness (QED) is 0.668. The predicted molar refractivity (Wildman–Crippen MR) is 67.1 cm³/mol. The van der Waals surface area contributed by atoms with E-state index in [4.69, 9.17) is 0 Å². The largest absolute Gasteiger partial charge is 0.289 e. The molecule has 1 aromatic carbocycles. The van der Waals surface area contributed by atoms with Gasteiger partial charge in [-0.1, -0.05) is 12.1 Å². The van der Waals surface area contributed by atoms with Gasteiger partial charge in [-0.3, -0.25) is 19.5 Å². The van der Waals surface area contributed by atoms with Crippen LogP contribution in [0.2, 0.25) is 0 Å². The number of nitrogens with zero attached hydrogens (tertiary/aromatic N) is 3. The van der Waals surface area contributed by atoms with E-state index in [-0.39, 0.29) is 5.82 Å².